The van der Waals surface area contributed by atoms with Gasteiger partial charge in [0.2, 0.25) is 11.8 Å². The highest BCUT2D eigenvalue weighted by Gasteiger charge is 2.13. The first-order valence-electron chi connectivity index (χ1n) is 9.42. The van der Waals surface area contributed by atoms with E-state index in [1.54, 1.807) is 19.3 Å². The zero-order chi connectivity index (χ0) is 21.5. The summed E-state index contributed by atoms with van der Waals surface area (Å²) in [4.78, 5) is 29.0. The highest BCUT2D eigenvalue weighted by atomic mass is 32.2. The lowest BCUT2D eigenvalue weighted by Gasteiger charge is -2.11. The highest BCUT2D eigenvalue weighted by Crippen LogP contribution is 2.25. The smallest absolute Gasteiger partial charge is 0.243 e. The van der Waals surface area contributed by atoms with E-state index in [-0.39, 0.29) is 24.1 Å². The molecule has 8 heteroatoms. The monoisotopic (exact) mass is 424 g/mol. The van der Waals surface area contributed by atoms with Gasteiger partial charge in [0.15, 0.2) is 5.16 Å². The van der Waals surface area contributed by atoms with Crippen molar-refractivity contribution in [1.29, 1.82) is 0 Å². The van der Waals surface area contributed by atoms with Crippen LogP contribution in [0.4, 0.5) is 5.69 Å². The van der Waals surface area contributed by atoms with E-state index in [0.717, 1.165) is 21.8 Å². The molecule has 1 aromatic heterocycles. The number of carbonyl (C=O) groups is 2. The summed E-state index contributed by atoms with van der Waals surface area (Å²) in [6, 6.07) is 13.3. The number of nitrogens with zero attached hydrogens (tertiary/aromatic N) is 2. The van der Waals surface area contributed by atoms with Crippen LogP contribution in [0.2, 0.25) is 0 Å². The number of benzene rings is 2. The Balaban J connectivity index is 1.55. The average Bonchev–Trinajstić information content (AvgIpc) is 3.09. The molecule has 2 aromatic carbocycles. The fourth-order valence-corrected chi connectivity index (χ4v) is 3.80. The number of thioether (sulfide) groups is 1. The topological polar surface area (TPSA) is 85.2 Å². The highest BCUT2D eigenvalue weighted by molar-refractivity contribution is 7.99. The normalized spacial score (nSPS) is 10.6. The van der Waals surface area contributed by atoms with Crippen molar-refractivity contribution in [3.8, 4) is 5.75 Å². The van der Waals surface area contributed by atoms with E-state index in [2.05, 4.69) is 22.2 Å². The van der Waals surface area contributed by atoms with E-state index in [4.69, 9.17) is 4.74 Å². The fraction of sp³-hybridized carbons (Fsp3) is 0.227. The maximum Gasteiger partial charge on any atom is 0.243 e. The van der Waals surface area contributed by atoms with Crippen molar-refractivity contribution in [2.45, 2.75) is 18.6 Å². The summed E-state index contributed by atoms with van der Waals surface area (Å²) in [5.74, 6) is 0.151. The van der Waals surface area contributed by atoms with E-state index in [9.17, 15) is 9.59 Å². The Morgan fingerprint density at radius 3 is 2.80 bits per heavy atom. The van der Waals surface area contributed by atoms with Gasteiger partial charge in [-0.15, -0.1) is 6.58 Å². The molecule has 0 atom stereocenters. The number of aromatic nitrogens is 2. The maximum absolute atomic E-state index is 12.2. The lowest BCUT2D eigenvalue weighted by atomic mass is 10.2. The first kappa shape index (κ1) is 21.4. The summed E-state index contributed by atoms with van der Waals surface area (Å²) in [7, 11) is 1.54. The molecule has 3 rings (SSSR count). The van der Waals surface area contributed by atoms with Crippen LogP contribution >= 0.6 is 11.8 Å². The Labute approximate surface area is 179 Å². The Bertz CT molecular complexity index is 1080. The minimum Gasteiger partial charge on any atom is -0.495 e. The molecule has 7 nitrogen and oxygen atoms in total. The van der Waals surface area contributed by atoms with Crippen LogP contribution < -0.4 is 15.4 Å². The number of imidazole rings is 1. The van der Waals surface area contributed by atoms with Crippen molar-refractivity contribution in [3.05, 3.63) is 60.7 Å². The van der Waals surface area contributed by atoms with Gasteiger partial charge in [0.05, 0.1) is 36.1 Å². The zero-order valence-corrected chi connectivity index (χ0v) is 17.8. The summed E-state index contributed by atoms with van der Waals surface area (Å²) in [5.41, 5.74) is 3.43. The number of ether oxygens (including phenoxy) is 1. The van der Waals surface area contributed by atoms with Crippen LogP contribution in [0, 0.1) is 6.92 Å². The molecule has 156 valence electrons. The molecule has 1 heterocycles. The standard InChI is InChI=1S/C22H24N4O3S/c1-4-11-26-18-8-6-5-7-16(18)25-22(26)30-14-21(28)23-13-20(27)24-17-12-15(2)9-10-19(17)29-3/h4-10,12H,1,11,13-14H2,2-3H3,(H,23,28)(H,24,27). The van der Waals surface area contributed by atoms with Crippen molar-refractivity contribution < 1.29 is 14.3 Å². The lowest BCUT2D eigenvalue weighted by Crippen LogP contribution is -2.34. The molecule has 0 unspecified atom stereocenters. The molecule has 0 aliphatic heterocycles. The predicted molar refractivity (Wildman–Crippen MR) is 120 cm³/mol. The van der Waals surface area contributed by atoms with Gasteiger partial charge >= 0.3 is 0 Å². The van der Waals surface area contributed by atoms with Crippen molar-refractivity contribution in [2.24, 2.45) is 0 Å². The minimum absolute atomic E-state index is 0.125. The van der Waals surface area contributed by atoms with E-state index in [0.29, 0.717) is 18.0 Å². The van der Waals surface area contributed by atoms with Gasteiger partial charge in [-0.05, 0) is 36.8 Å². The Kier molecular flexibility index (Phi) is 7.13. The summed E-state index contributed by atoms with van der Waals surface area (Å²) in [5, 5.41) is 6.14. The quantitative estimate of drug-likeness (QED) is 0.406. The third-order valence-corrected chi connectivity index (χ3v) is 5.32. The zero-order valence-electron chi connectivity index (χ0n) is 17.0. The van der Waals surface area contributed by atoms with Gasteiger partial charge in [-0.3, -0.25) is 9.59 Å². The van der Waals surface area contributed by atoms with Crippen LogP contribution in [-0.2, 0) is 16.1 Å². The molecule has 0 saturated heterocycles. The van der Waals surface area contributed by atoms with Gasteiger partial charge < -0.3 is 19.9 Å². The summed E-state index contributed by atoms with van der Waals surface area (Å²) >= 11 is 1.32. The van der Waals surface area contributed by atoms with Crippen molar-refractivity contribution in [2.75, 3.05) is 24.7 Å². The van der Waals surface area contributed by atoms with Gasteiger partial charge in [-0.2, -0.15) is 0 Å². The van der Waals surface area contributed by atoms with Gasteiger partial charge in [0.1, 0.15) is 5.75 Å². The number of allylic oxidation sites excluding steroid dienone is 1. The third-order valence-electron chi connectivity index (χ3n) is 4.34. The number of hydrogen-bond acceptors (Lipinski definition) is 5. The van der Waals surface area contributed by atoms with Crippen LogP contribution in [-0.4, -0.2) is 40.8 Å². The molecule has 0 aliphatic carbocycles. The molecular formula is C22H24N4O3S. The number of amides is 2. The van der Waals surface area contributed by atoms with Crippen molar-refractivity contribution in [1.82, 2.24) is 14.9 Å². The van der Waals surface area contributed by atoms with Crippen LogP contribution in [0.15, 0.2) is 60.3 Å². The van der Waals surface area contributed by atoms with Crippen molar-refractivity contribution >= 4 is 40.3 Å². The first-order chi connectivity index (χ1) is 14.5. The number of hydrogen-bond donors (Lipinski definition) is 2. The SMILES string of the molecule is C=CCn1c(SCC(=O)NCC(=O)Nc2cc(C)ccc2OC)nc2ccccc21. The average molecular weight is 425 g/mol. The Morgan fingerprint density at radius 2 is 2.03 bits per heavy atom. The van der Waals surface area contributed by atoms with Gasteiger partial charge in [-0.1, -0.05) is 36.0 Å². The number of methoxy groups -OCH3 is 1. The van der Waals surface area contributed by atoms with Gasteiger partial charge in [0, 0.05) is 6.54 Å². The molecule has 0 radical (unpaired) electrons. The predicted octanol–water partition coefficient (Wildman–Crippen LogP) is 3.39. The van der Waals surface area contributed by atoms with Crippen LogP contribution in [0.5, 0.6) is 5.75 Å². The number of aryl methyl sites for hydroxylation is 1. The molecule has 3 aromatic rings. The fourth-order valence-electron chi connectivity index (χ4n) is 2.94. The molecular weight excluding hydrogens is 400 g/mol. The molecule has 0 saturated carbocycles. The molecule has 30 heavy (non-hydrogen) atoms. The summed E-state index contributed by atoms with van der Waals surface area (Å²) in [6.07, 6.45) is 1.79. The van der Waals surface area contributed by atoms with Crippen LogP contribution in [0.1, 0.15) is 5.56 Å². The molecule has 0 spiro atoms. The molecule has 0 aliphatic rings. The Morgan fingerprint density at radius 1 is 1.23 bits per heavy atom. The van der Waals surface area contributed by atoms with Crippen molar-refractivity contribution in [3.63, 3.8) is 0 Å². The van der Waals surface area contributed by atoms with Gasteiger partial charge in [0.25, 0.3) is 0 Å². The lowest BCUT2D eigenvalue weighted by molar-refractivity contribution is -0.122. The Hall–Kier alpha value is -3.26. The second-order valence-corrected chi connectivity index (χ2v) is 7.54. The van der Waals surface area contributed by atoms with Crippen LogP contribution in [0.3, 0.4) is 0 Å². The van der Waals surface area contributed by atoms with E-state index in [1.807, 2.05) is 47.9 Å². The number of fused-ring (bicyclic) bond motifs is 1. The van der Waals surface area contributed by atoms with E-state index < -0.39 is 0 Å². The van der Waals surface area contributed by atoms with E-state index in [1.165, 1.54) is 11.8 Å². The summed E-state index contributed by atoms with van der Waals surface area (Å²) in [6.45, 7) is 6.19. The second-order valence-electron chi connectivity index (χ2n) is 6.60. The number of rotatable bonds is 9. The number of para-hydroxylation sites is 2. The molecule has 2 N–H and O–H groups in total. The second kappa shape index (κ2) is 9.98. The summed E-state index contributed by atoms with van der Waals surface area (Å²) < 4.78 is 7.26. The number of carbonyl (C=O) groups excluding carboxylic acids is 2. The molecule has 0 fully saturated rings. The number of nitrogens with one attached hydrogen (secondary N) is 2. The number of anilines is 1. The largest absolute Gasteiger partial charge is 0.495 e. The molecule has 2 amide bonds. The minimum atomic E-state index is -0.323. The molecule has 0 bridgehead atoms. The van der Waals surface area contributed by atoms with E-state index >= 15 is 0 Å². The van der Waals surface area contributed by atoms with Gasteiger partial charge in [-0.25, -0.2) is 4.98 Å². The van der Waals surface area contributed by atoms with Crippen LogP contribution in [0.25, 0.3) is 11.0 Å². The maximum atomic E-state index is 12.2. The first-order valence-corrected chi connectivity index (χ1v) is 10.4. The third kappa shape index (κ3) is 5.21.